The molecule has 2 unspecified atom stereocenters. The first kappa shape index (κ1) is 14.6. The molecule has 0 radical (unpaired) electrons. The number of likely N-dealkylation sites (N-methyl/N-ethyl adjacent to an activating group) is 1. The zero-order valence-electron chi connectivity index (χ0n) is 12.4. The third-order valence-electron chi connectivity index (χ3n) is 4.14. The molecule has 21 heavy (non-hydrogen) atoms. The summed E-state index contributed by atoms with van der Waals surface area (Å²) in [5.41, 5.74) is 3.62. The van der Waals surface area contributed by atoms with Crippen LogP contribution in [0.15, 0.2) is 47.4 Å². The summed E-state index contributed by atoms with van der Waals surface area (Å²) in [6.07, 6.45) is 0. The fourth-order valence-corrected chi connectivity index (χ4v) is 4.39. The minimum atomic E-state index is -0.155. The Balaban J connectivity index is 2.01. The second-order valence-electron chi connectivity index (χ2n) is 5.49. The van der Waals surface area contributed by atoms with E-state index in [1.54, 1.807) is 12.1 Å². The van der Waals surface area contributed by atoms with Crippen LogP contribution < -0.4 is 5.32 Å². The van der Waals surface area contributed by atoms with Gasteiger partial charge in [-0.3, -0.25) is 0 Å². The summed E-state index contributed by atoms with van der Waals surface area (Å²) >= 11 is 1.90. The van der Waals surface area contributed by atoms with Crippen LogP contribution in [0.4, 0.5) is 4.39 Å². The van der Waals surface area contributed by atoms with Crippen LogP contribution >= 0.6 is 11.8 Å². The van der Waals surface area contributed by atoms with E-state index in [0.29, 0.717) is 5.92 Å². The van der Waals surface area contributed by atoms with Gasteiger partial charge in [-0.05, 0) is 48.4 Å². The number of rotatable bonds is 4. The Bertz CT molecular complexity index is 641. The van der Waals surface area contributed by atoms with Crippen molar-refractivity contribution in [3.05, 3.63) is 65.0 Å². The van der Waals surface area contributed by atoms with Gasteiger partial charge in [0, 0.05) is 22.6 Å². The van der Waals surface area contributed by atoms with Crippen LogP contribution in [0.25, 0.3) is 0 Å². The summed E-state index contributed by atoms with van der Waals surface area (Å²) in [6.45, 7) is 5.05. The molecule has 110 valence electrons. The predicted molar refractivity (Wildman–Crippen MR) is 87.5 cm³/mol. The summed E-state index contributed by atoms with van der Waals surface area (Å²) in [7, 11) is 0. The molecule has 1 heterocycles. The van der Waals surface area contributed by atoms with Crippen LogP contribution in [0.1, 0.15) is 35.6 Å². The average molecular weight is 301 g/mol. The molecule has 0 saturated carbocycles. The van der Waals surface area contributed by atoms with Crippen LogP contribution in [-0.4, -0.2) is 12.3 Å². The van der Waals surface area contributed by atoms with E-state index in [1.807, 2.05) is 17.8 Å². The van der Waals surface area contributed by atoms with Crippen molar-refractivity contribution in [3.8, 4) is 0 Å². The SMILES string of the molecule is CCNC(c1cc(F)ccc1C)C1CSc2ccccc21. The van der Waals surface area contributed by atoms with E-state index in [2.05, 4.69) is 43.4 Å². The Labute approximate surface area is 130 Å². The smallest absolute Gasteiger partial charge is 0.123 e. The molecule has 1 nitrogen and oxygen atoms in total. The van der Waals surface area contributed by atoms with Crippen LogP contribution in [-0.2, 0) is 0 Å². The Kier molecular flexibility index (Phi) is 4.32. The van der Waals surface area contributed by atoms with Crippen molar-refractivity contribution in [2.24, 2.45) is 0 Å². The molecule has 1 N–H and O–H groups in total. The monoisotopic (exact) mass is 301 g/mol. The average Bonchev–Trinajstić information content (AvgIpc) is 2.91. The molecular weight excluding hydrogens is 281 g/mol. The maximum atomic E-state index is 13.7. The molecule has 3 rings (SSSR count). The molecule has 2 aromatic carbocycles. The molecule has 0 bridgehead atoms. The van der Waals surface area contributed by atoms with Crippen molar-refractivity contribution in [2.75, 3.05) is 12.3 Å². The fourth-order valence-electron chi connectivity index (χ4n) is 3.10. The molecule has 3 heteroatoms. The van der Waals surface area contributed by atoms with E-state index in [0.717, 1.165) is 23.4 Å². The highest BCUT2D eigenvalue weighted by atomic mass is 32.2. The zero-order chi connectivity index (χ0) is 14.8. The molecule has 0 fully saturated rings. The van der Waals surface area contributed by atoms with Crippen molar-refractivity contribution in [2.45, 2.75) is 30.7 Å². The van der Waals surface area contributed by atoms with Gasteiger partial charge in [-0.15, -0.1) is 11.8 Å². The van der Waals surface area contributed by atoms with Crippen LogP contribution in [0.5, 0.6) is 0 Å². The van der Waals surface area contributed by atoms with Gasteiger partial charge < -0.3 is 5.32 Å². The number of aryl methyl sites for hydroxylation is 1. The predicted octanol–water partition coefficient (Wildman–Crippen LogP) is 4.67. The van der Waals surface area contributed by atoms with Crippen molar-refractivity contribution < 1.29 is 4.39 Å². The second-order valence-corrected chi connectivity index (χ2v) is 6.55. The van der Waals surface area contributed by atoms with Gasteiger partial charge in [-0.2, -0.15) is 0 Å². The number of hydrogen-bond acceptors (Lipinski definition) is 2. The topological polar surface area (TPSA) is 12.0 Å². The van der Waals surface area contributed by atoms with Crippen LogP contribution in [0.2, 0.25) is 0 Å². The summed E-state index contributed by atoms with van der Waals surface area (Å²) in [4.78, 5) is 1.36. The first-order chi connectivity index (χ1) is 10.2. The lowest BCUT2D eigenvalue weighted by Gasteiger charge is -2.27. The van der Waals surface area contributed by atoms with Gasteiger partial charge in [0.1, 0.15) is 5.82 Å². The number of benzene rings is 2. The van der Waals surface area contributed by atoms with Crippen molar-refractivity contribution in [1.29, 1.82) is 0 Å². The van der Waals surface area contributed by atoms with E-state index in [-0.39, 0.29) is 11.9 Å². The molecule has 0 aromatic heterocycles. The maximum Gasteiger partial charge on any atom is 0.123 e. The van der Waals surface area contributed by atoms with Crippen molar-refractivity contribution in [3.63, 3.8) is 0 Å². The van der Waals surface area contributed by atoms with Gasteiger partial charge in [0.2, 0.25) is 0 Å². The summed E-state index contributed by atoms with van der Waals surface area (Å²) < 4.78 is 13.7. The lowest BCUT2D eigenvalue weighted by atomic mass is 9.86. The summed E-state index contributed by atoms with van der Waals surface area (Å²) in [5.74, 6) is 1.29. The molecule has 1 aliphatic rings. The standard InChI is InChI=1S/C18H20FNS/c1-3-20-18(15-10-13(19)9-8-12(15)2)16-11-21-17-7-5-4-6-14(16)17/h4-10,16,18,20H,3,11H2,1-2H3. The van der Waals surface area contributed by atoms with Gasteiger partial charge in [0.05, 0.1) is 0 Å². The normalized spacial score (nSPS) is 18.5. The first-order valence-electron chi connectivity index (χ1n) is 7.42. The second kappa shape index (κ2) is 6.20. The summed E-state index contributed by atoms with van der Waals surface area (Å²) in [6, 6.07) is 13.8. The van der Waals surface area contributed by atoms with Gasteiger partial charge in [0.15, 0.2) is 0 Å². The van der Waals surface area contributed by atoms with E-state index in [1.165, 1.54) is 10.5 Å². The molecule has 2 atom stereocenters. The number of thioether (sulfide) groups is 1. The number of nitrogens with one attached hydrogen (secondary N) is 1. The zero-order valence-corrected chi connectivity index (χ0v) is 13.2. The van der Waals surface area contributed by atoms with Gasteiger partial charge >= 0.3 is 0 Å². The highest BCUT2D eigenvalue weighted by molar-refractivity contribution is 7.99. The fraction of sp³-hybridized carbons (Fsp3) is 0.333. The molecule has 1 aliphatic heterocycles. The quantitative estimate of drug-likeness (QED) is 0.880. The Morgan fingerprint density at radius 1 is 1.29 bits per heavy atom. The molecule has 0 spiro atoms. The third kappa shape index (κ3) is 2.85. The lowest BCUT2D eigenvalue weighted by molar-refractivity contribution is 0.480. The molecule has 0 amide bonds. The van der Waals surface area contributed by atoms with E-state index in [4.69, 9.17) is 0 Å². The minimum Gasteiger partial charge on any atom is -0.310 e. The van der Waals surface area contributed by atoms with E-state index < -0.39 is 0 Å². The Hall–Kier alpha value is -1.32. The van der Waals surface area contributed by atoms with Crippen molar-refractivity contribution >= 4 is 11.8 Å². The van der Waals surface area contributed by atoms with Gasteiger partial charge in [-0.1, -0.05) is 31.2 Å². The lowest BCUT2D eigenvalue weighted by Crippen LogP contribution is -2.28. The first-order valence-corrected chi connectivity index (χ1v) is 8.40. The highest BCUT2D eigenvalue weighted by Gasteiger charge is 2.31. The Morgan fingerprint density at radius 3 is 2.90 bits per heavy atom. The molecule has 2 aromatic rings. The molecular formula is C18H20FNS. The third-order valence-corrected chi connectivity index (χ3v) is 5.35. The van der Waals surface area contributed by atoms with Gasteiger partial charge in [0.25, 0.3) is 0 Å². The van der Waals surface area contributed by atoms with Crippen LogP contribution in [0.3, 0.4) is 0 Å². The minimum absolute atomic E-state index is 0.155. The van der Waals surface area contributed by atoms with E-state index >= 15 is 0 Å². The maximum absolute atomic E-state index is 13.7. The summed E-state index contributed by atoms with van der Waals surface area (Å²) in [5, 5.41) is 3.57. The number of hydrogen-bond donors (Lipinski definition) is 1. The number of halogens is 1. The van der Waals surface area contributed by atoms with E-state index in [9.17, 15) is 4.39 Å². The molecule has 0 saturated heterocycles. The highest BCUT2D eigenvalue weighted by Crippen LogP contribution is 2.46. The van der Waals surface area contributed by atoms with Crippen molar-refractivity contribution in [1.82, 2.24) is 5.32 Å². The molecule has 0 aliphatic carbocycles. The largest absolute Gasteiger partial charge is 0.310 e. The number of fused-ring (bicyclic) bond motifs is 1. The van der Waals surface area contributed by atoms with Crippen LogP contribution in [0, 0.1) is 12.7 Å². The Morgan fingerprint density at radius 2 is 2.10 bits per heavy atom. The van der Waals surface area contributed by atoms with Gasteiger partial charge in [-0.25, -0.2) is 4.39 Å².